The van der Waals surface area contributed by atoms with Crippen molar-refractivity contribution in [3.8, 4) is 0 Å². The van der Waals surface area contributed by atoms with E-state index in [9.17, 15) is 9.59 Å². The van der Waals surface area contributed by atoms with Crippen LogP contribution >= 0.6 is 0 Å². The van der Waals surface area contributed by atoms with E-state index in [0.29, 0.717) is 5.69 Å². The number of piperidine rings is 1. The standard InChI is InChI=1S/C14H19N3O3/c1-14(5-2-3-6-17-14)13(20)16-9-11-8-10(12(18)19)4-7-15-11/h4,7-8,17H,2-3,5-6,9H2,1H3,(H,16,20)(H,18,19). The molecule has 20 heavy (non-hydrogen) atoms. The van der Waals surface area contributed by atoms with Crippen LogP contribution in [-0.4, -0.2) is 34.1 Å². The number of hydrogen-bond acceptors (Lipinski definition) is 4. The SMILES string of the molecule is CC1(C(=O)NCc2cc(C(=O)O)ccn2)CCCCN1. The second-order valence-electron chi connectivity index (χ2n) is 5.24. The van der Waals surface area contributed by atoms with Crippen LogP contribution in [0.4, 0.5) is 0 Å². The van der Waals surface area contributed by atoms with Crippen molar-refractivity contribution in [3.63, 3.8) is 0 Å². The van der Waals surface area contributed by atoms with Gasteiger partial charge in [-0.25, -0.2) is 4.79 Å². The van der Waals surface area contributed by atoms with Crippen LogP contribution in [0.5, 0.6) is 0 Å². The van der Waals surface area contributed by atoms with E-state index in [4.69, 9.17) is 5.11 Å². The second-order valence-corrected chi connectivity index (χ2v) is 5.24. The maximum atomic E-state index is 12.2. The molecule has 1 amide bonds. The van der Waals surface area contributed by atoms with Crippen LogP contribution < -0.4 is 10.6 Å². The molecule has 108 valence electrons. The number of carboxylic acids is 1. The van der Waals surface area contributed by atoms with E-state index in [1.807, 2.05) is 6.92 Å². The van der Waals surface area contributed by atoms with Crippen molar-refractivity contribution < 1.29 is 14.7 Å². The normalized spacial score (nSPS) is 22.2. The van der Waals surface area contributed by atoms with Crippen molar-refractivity contribution in [1.82, 2.24) is 15.6 Å². The van der Waals surface area contributed by atoms with Crippen LogP contribution in [0.15, 0.2) is 18.3 Å². The van der Waals surface area contributed by atoms with E-state index in [-0.39, 0.29) is 18.0 Å². The molecule has 1 fully saturated rings. The Morgan fingerprint density at radius 1 is 1.50 bits per heavy atom. The van der Waals surface area contributed by atoms with Crippen molar-refractivity contribution in [1.29, 1.82) is 0 Å². The summed E-state index contributed by atoms with van der Waals surface area (Å²) in [5, 5.41) is 15.0. The number of aromatic nitrogens is 1. The minimum atomic E-state index is -0.999. The van der Waals surface area contributed by atoms with Gasteiger partial charge in [-0.05, 0) is 44.9 Å². The Morgan fingerprint density at radius 2 is 2.30 bits per heavy atom. The monoisotopic (exact) mass is 277 g/mol. The van der Waals surface area contributed by atoms with Gasteiger partial charge in [-0.2, -0.15) is 0 Å². The Bertz CT molecular complexity index is 510. The van der Waals surface area contributed by atoms with E-state index in [1.165, 1.54) is 18.3 Å². The van der Waals surface area contributed by atoms with Gasteiger partial charge in [0.1, 0.15) is 0 Å². The summed E-state index contributed by atoms with van der Waals surface area (Å²) in [7, 11) is 0. The number of rotatable bonds is 4. The fourth-order valence-corrected chi connectivity index (χ4v) is 2.32. The van der Waals surface area contributed by atoms with E-state index < -0.39 is 11.5 Å². The van der Waals surface area contributed by atoms with E-state index in [2.05, 4.69) is 15.6 Å². The van der Waals surface area contributed by atoms with Gasteiger partial charge >= 0.3 is 5.97 Å². The summed E-state index contributed by atoms with van der Waals surface area (Å²) in [6.07, 6.45) is 4.36. The predicted octanol–water partition coefficient (Wildman–Crippen LogP) is 0.928. The summed E-state index contributed by atoms with van der Waals surface area (Å²) in [5.41, 5.74) is 0.173. The molecule has 1 aliphatic rings. The third kappa shape index (κ3) is 3.33. The summed E-state index contributed by atoms with van der Waals surface area (Å²) >= 11 is 0. The molecule has 0 radical (unpaired) electrons. The molecule has 0 spiro atoms. The molecular weight excluding hydrogens is 258 g/mol. The molecule has 6 nitrogen and oxygen atoms in total. The average Bonchev–Trinajstić information content (AvgIpc) is 2.45. The average molecular weight is 277 g/mol. The maximum Gasteiger partial charge on any atom is 0.335 e. The molecule has 2 rings (SSSR count). The number of nitrogens with one attached hydrogen (secondary N) is 2. The smallest absolute Gasteiger partial charge is 0.335 e. The van der Waals surface area contributed by atoms with Gasteiger partial charge in [-0.1, -0.05) is 0 Å². The lowest BCUT2D eigenvalue weighted by molar-refractivity contribution is -0.128. The van der Waals surface area contributed by atoms with Gasteiger partial charge in [0.2, 0.25) is 5.91 Å². The van der Waals surface area contributed by atoms with Crippen LogP contribution in [0, 0.1) is 0 Å². The first-order valence-corrected chi connectivity index (χ1v) is 6.73. The molecule has 2 heterocycles. The van der Waals surface area contributed by atoms with Gasteiger partial charge in [0.25, 0.3) is 0 Å². The first-order chi connectivity index (χ1) is 9.51. The van der Waals surface area contributed by atoms with Crippen LogP contribution in [0.1, 0.15) is 42.2 Å². The molecule has 0 aliphatic carbocycles. The lowest BCUT2D eigenvalue weighted by atomic mass is 9.90. The number of carboxylic acid groups (broad SMARTS) is 1. The molecule has 1 unspecified atom stereocenters. The van der Waals surface area contributed by atoms with Gasteiger partial charge in [0.05, 0.1) is 23.3 Å². The van der Waals surface area contributed by atoms with E-state index in [0.717, 1.165) is 25.8 Å². The molecule has 1 aromatic heterocycles. The summed E-state index contributed by atoms with van der Waals surface area (Å²) in [5.74, 6) is -1.07. The van der Waals surface area contributed by atoms with Crippen molar-refractivity contribution >= 4 is 11.9 Å². The molecule has 0 saturated carbocycles. The third-order valence-electron chi connectivity index (χ3n) is 3.61. The Morgan fingerprint density at radius 3 is 2.95 bits per heavy atom. The lowest BCUT2D eigenvalue weighted by Gasteiger charge is -2.33. The molecule has 3 N–H and O–H groups in total. The quantitative estimate of drug-likeness (QED) is 0.761. The summed E-state index contributed by atoms with van der Waals surface area (Å²) < 4.78 is 0. The highest BCUT2D eigenvalue weighted by atomic mass is 16.4. The number of amides is 1. The number of carbonyl (C=O) groups excluding carboxylic acids is 1. The fourth-order valence-electron chi connectivity index (χ4n) is 2.32. The summed E-state index contributed by atoms with van der Waals surface area (Å²) in [6, 6.07) is 2.90. The molecular formula is C14H19N3O3. The summed E-state index contributed by atoms with van der Waals surface area (Å²) in [6.45, 7) is 2.97. The van der Waals surface area contributed by atoms with Crippen LogP contribution in [0.2, 0.25) is 0 Å². The minimum absolute atomic E-state index is 0.0697. The first-order valence-electron chi connectivity index (χ1n) is 6.73. The molecule has 1 saturated heterocycles. The zero-order valence-corrected chi connectivity index (χ0v) is 11.5. The Kier molecular flexibility index (Phi) is 4.34. The van der Waals surface area contributed by atoms with Gasteiger partial charge < -0.3 is 15.7 Å². The van der Waals surface area contributed by atoms with Gasteiger partial charge in [-0.3, -0.25) is 9.78 Å². The fraction of sp³-hybridized carbons (Fsp3) is 0.500. The molecule has 6 heteroatoms. The topological polar surface area (TPSA) is 91.3 Å². The van der Waals surface area contributed by atoms with Crippen molar-refractivity contribution in [2.24, 2.45) is 0 Å². The number of carbonyl (C=O) groups is 2. The van der Waals surface area contributed by atoms with Crippen LogP contribution in [0.3, 0.4) is 0 Å². The highest BCUT2D eigenvalue weighted by Crippen LogP contribution is 2.18. The van der Waals surface area contributed by atoms with E-state index in [1.54, 1.807) is 0 Å². The highest BCUT2D eigenvalue weighted by molar-refractivity contribution is 5.88. The van der Waals surface area contributed by atoms with Crippen LogP contribution in [0.25, 0.3) is 0 Å². The van der Waals surface area contributed by atoms with Gasteiger partial charge in [0, 0.05) is 6.20 Å². The van der Waals surface area contributed by atoms with Crippen molar-refractivity contribution in [2.45, 2.75) is 38.3 Å². The number of pyridine rings is 1. The Labute approximate surface area is 117 Å². The van der Waals surface area contributed by atoms with Crippen molar-refractivity contribution in [3.05, 3.63) is 29.6 Å². The van der Waals surface area contributed by atoms with Gasteiger partial charge in [-0.15, -0.1) is 0 Å². The zero-order valence-electron chi connectivity index (χ0n) is 11.5. The second kappa shape index (κ2) is 6.00. The Hall–Kier alpha value is -1.95. The molecule has 1 aliphatic heterocycles. The first kappa shape index (κ1) is 14.5. The Balaban J connectivity index is 1.96. The molecule has 1 atom stereocenters. The van der Waals surface area contributed by atoms with E-state index >= 15 is 0 Å². The molecule has 1 aromatic rings. The lowest BCUT2D eigenvalue weighted by Crippen LogP contribution is -2.56. The molecule has 0 bridgehead atoms. The minimum Gasteiger partial charge on any atom is -0.478 e. The maximum absolute atomic E-state index is 12.2. The number of hydrogen-bond donors (Lipinski definition) is 3. The number of aromatic carboxylic acids is 1. The summed E-state index contributed by atoms with van der Waals surface area (Å²) in [4.78, 5) is 27.1. The van der Waals surface area contributed by atoms with Gasteiger partial charge in [0.15, 0.2) is 0 Å². The molecule has 0 aromatic carbocycles. The zero-order chi connectivity index (χ0) is 14.6. The van der Waals surface area contributed by atoms with Crippen LogP contribution in [-0.2, 0) is 11.3 Å². The van der Waals surface area contributed by atoms with Crippen molar-refractivity contribution in [2.75, 3.05) is 6.54 Å². The highest BCUT2D eigenvalue weighted by Gasteiger charge is 2.33. The third-order valence-corrected chi connectivity index (χ3v) is 3.61. The largest absolute Gasteiger partial charge is 0.478 e. The predicted molar refractivity (Wildman–Crippen MR) is 73.3 cm³/mol. The number of nitrogens with zero attached hydrogens (tertiary/aromatic N) is 1.